The van der Waals surface area contributed by atoms with Crippen LogP contribution in [0.4, 0.5) is 8.78 Å². The van der Waals surface area contributed by atoms with Gasteiger partial charge in [0.2, 0.25) is 5.78 Å². The van der Waals surface area contributed by atoms with E-state index in [1.807, 2.05) is 0 Å². The molecule has 1 heterocycles. The Kier molecular flexibility index (Phi) is 9.80. The van der Waals surface area contributed by atoms with Crippen LogP contribution < -0.4 is 5.73 Å². The fourth-order valence-corrected chi connectivity index (χ4v) is 9.03. The molecule has 3 saturated carbocycles. The van der Waals surface area contributed by atoms with E-state index in [2.05, 4.69) is 9.68 Å². The summed E-state index contributed by atoms with van der Waals surface area (Å²) >= 11 is 0. The molecule has 1 aliphatic heterocycles. The Morgan fingerprint density at radius 3 is 2.43 bits per heavy atom. The Labute approximate surface area is 288 Å². The van der Waals surface area contributed by atoms with Gasteiger partial charge in [-0.1, -0.05) is 13.0 Å². The van der Waals surface area contributed by atoms with E-state index in [4.69, 9.17) is 24.7 Å². The topological polar surface area (TPSA) is 256 Å². The number of carbonyl (C=O) groups is 4. The first kappa shape index (κ1) is 38.1. The van der Waals surface area contributed by atoms with E-state index in [9.17, 15) is 44.5 Å². The van der Waals surface area contributed by atoms with E-state index >= 15 is 8.78 Å². The fraction of sp³-hybridized carbons (Fsp3) is 0.742. The summed E-state index contributed by atoms with van der Waals surface area (Å²) in [5, 5.41) is 30.1. The Morgan fingerprint density at radius 1 is 1.10 bits per heavy atom. The number of aliphatic hydroxyl groups is 1. The van der Waals surface area contributed by atoms with Crippen LogP contribution in [0.25, 0.3) is 0 Å². The third kappa shape index (κ3) is 6.24. The molecule has 0 bridgehead atoms. The highest BCUT2D eigenvalue weighted by Crippen LogP contribution is 2.72. The average molecular weight is 732 g/mol. The van der Waals surface area contributed by atoms with E-state index < -0.39 is 130 Å². The first-order chi connectivity index (χ1) is 23.6. The van der Waals surface area contributed by atoms with Crippen LogP contribution in [-0.2, 0) is 47.8 Å². The maximum Gasteiger partial charge on any atom is 0.323 e. The highest BCUT2D eigenvalue weighted by molar-refractivity contribution is 6.01. The second-order valence-electron chi connectivity index (χ2n) is 14.4. The van der Waals surface area contributed by atoms with Gasteiger partial charge in [-0.05, 0) is 63.7 Å². The number of nitrogens with two attached hydrogens (primary N) is 1. The van der Waals surface area contributed by atoms with Crippen LogP contribution in [0.2, 0.25) is 0 Å². The standard InChI is InChI=1S/C31H39F2N3O15/c1-27(2)49-24-9-17-18-8-20(32)19-7-15(37)5-6-28(19,3)30(18,33)22(38)11-29(17,4)31(24,51-27)23(39)14-46-25(40)10-21(34)26(41)47-12-16(50-36(44)45)13-48-35(42)43/h5-7,16-18,20-22,24,38H,8-14,34H2,1-4H3/t16?,17?,18?,20-,21?,22-,24?,28-,29-,30-,31?/m0/s1. The van der Waals surface area contributed by atoms with Crippen molar-refractivity contribution in [2.75, 3.05) is 19.8 Å². The molecular formula is C31H39F2N3O15. The summed E-state index contributed by atoms with van der Waals surface area (Å²) < 4.78 is 55.8. The molecular weight excluding hydrogens is 692 g/mol. The lowest BCUT2D eigenvalue weighted by molar-refractivity contribution is -0.790. The Bertz CT molecular complexity index is 1570. The van der Waals surface area contributed by atoms with Gasteiger partial charge < -0.3 is 39.5 Å². The van der Waals surface area contributed by atoms with Gasteiger partial charge in [0, 0.05) is 16.7 Å². The number of alkyl halides is 2. The van der Waals surface area contributed by atoms with Gasteiger partial charge in [0.1, 0.15) is 25.4 Å². The van der Waals surface area contributed by atoms with E-state index in [1.165, 1.54) is 13.0 Å². The molecule has 5 aliphatic rings. The number of allylic oxidation sites excluding steroid dienone is 4. The Balaban J connectivity index is 1.30. The van der Waals surface area contributed by atoms with E-state index in [-0.39, 0.29) is 24.8 Å². The number of Topliss-reactive ketones (excluding diaryl/α,β-unsaturated/α-hetero) is 1. The molecule has 18 nitrogen and oxygen atoms in total. The Morgan fingerprint density at radius 2 is 1.78 bits per heavy atom. The summed E-state index contributed by atoms with van der Waals surface area (Å²) in [6.45, 7) is 3.41. The summed E-state index contributed by atoms with van der Waals surface area (Å²) in [6.07, 6.45) is -4.13. The van der Waals surface area contributed by atoms with E-state index in [1.54, 1.807) is 20.8 Å². The number of aliphatic hydroxyl groups excluding tert-OH is 1. The number of nitrogens with zero attached hydrogens (tertiary/aromatic N) is 2. The predicted octanol–water partition coefficient (Wildman–Crippen LogP) is 0.964. The zero-order valence-corrected chi connectivity index (χ0v) is 28.1. The number of carbonyl (C=O) groups excluding carboxylic acids is 4. The van der Waals surface area contributed by atoms with Crippen molar-refractivity contribution >= 4 is 23.5 Å². The summed E-state index contributed by atoms with van der Waals surface area (Å²) in [4.78, 5) is 80.5. The molecule has 4 fully saturated rings. The third-order valence-corrected chi connectivity index (χ3v) is 11.1. The van der Waals surface area contributed by atoms with Crippen molar-refractivity contribution in [1.82, 2.24) is 0 Å². The van der Waals surface area contributed by atoms with Gasteiger partial charge >= 0.3 is 11.9 Å². The summed E-state index contributed by atoms with van der Waals surface area (Å²) in [5.74, 6) is -6.93. The Hall–Kier alpha value is -4.14. The monoisotopic (exact) mass is 731 g/mol. The second kappa shape index (κ2) is 13.1. The molecule has 6 unspecified atom stereocenters. The zero-order valence-electron chi connectivity index (χ0n) is 28.1. The first-order valence-corrected chi connectivity index (χ1v) is 16.1. The van der Waals surface area contributed by atoms with Crippen molar-refractivity contribution in [3.8, 4) is 0 Å². The molecule has 0 spiro atoms. The second-order valence-corrected chi connectivity index (χ2v) is 14.4. The quantitative estimate of drug-likeness (QED) is 0.152. The largest absolute Gasteiger partial charge is 0.462 e. The van der Waals surface area contributed by atoms with Crippen molar-refractivity contribution in [1.29, 1.82) is 0 Å². The van der Waals surface area contributed by atoms with Gasteiger partial charge in [0.25, 0.3) is 10.2 Å². The lowest BCUT2D eigenvalue weighted by Gasteiger charge is -2.63. The maximum atomic E-state index is 17.6. The highest BCUT2D eigenvalue weighted by Gasteiger charge is 2.80. The molecule has 0 aromatic heterocycles. The number of halogens is 2. The average Bonchev–Trinajstić information content (AvgIpc) is 3.44. The third-order valence-electron chi connectivity index (χ3n) is 11.1. The van der Waals surface area contributed by atoms with Gasteiger partial charge in [0.05, 0.1) is 18.6 Å². The molecule has 5 rings (SSSR count). The highest BCUT2D eigenvalue weighted by atomic mass is 19.1. The molecule has 0 radical (unpaired) electrons. The summed E-state index contributed by atoms with van der Waals surface area (Å²) in [7, 11) is 0. The molecule has 0 aromatic carbocycles. The van der Waals surface area contributed by atoms with Gasteiger partial charge in [-0.2, -0.15) is 0 Å². The smallest absolute Gasteiger partial charge is 0.323 e. The number of esters is 2. The van der Waals surface area contributed by atoms with Crippen LogP contribution >= 0.6 is 0 Å². The van der Waals surface area contributed by atoms with Crippen LogP contribution in [0.15, 0.2) is 23.8 Å². The van der Waals surface area contributed by atoms with Gasteiger partial charge in [-0.15, -0.1) is 20.2 Å². The number of hydrogen-bond acceptors (Lipinski definition) is 16. The molecule has 282 valence electrons. The SMILES string of the molecule is CC1(C)OC2CC3C4C[C@H](F)C5=CC(=O)C=C[C@]5(C)[C@@]4(F)[C@@H](O)C[C@]3(C)C2(C(=O)COC(=O)CC(N)C(=O)OCC(CO[N+](=O)[O-])O[N+](=O)[O-])O1. The van der Waals surface area contributed by atoms with Crippen LogP contribution in [0, 0.1) is 42.9 Å². The number of fused-ring (bicyclic) bond motifs is 7. The minimum Gasteiger partial charge on any atom is -0.462 e. The maximum absolute atomic E-state index is 17.6. The van der Waals surface area contributed by atoms with Gasteiger partial charge in [-0.25, -0.2) is 8.78 Å². The van der Waals surface area contributed by atoms with Crippen LogP contribution in [0.1, 0.15) is 53.4 Å². The fourth-order valence-electron chi connectivity index (χ4n) is 9.03. The number of ketones is 2. The zero-order chi connectivity index (χ0) is 37.9. The van der Waals surface area contributed by atoms with E-state index in [0.717, 1.165) is 12.2 Å². The molecule has 11 atom stereocenters. The molecule has 51 heavy (non-hydrogen) atoms. The lowest BCUT2D eigenvalue weighted by atomic mass is 9.44. The van der Waals surface area contributed by atoms with Crippen molar-refractivity contribution in [3.63, 3.8) is 0 Å². The first-order valence-electron chi connectivity index (χ1n) is 16.1. The van der Waals surface area contributed by atoms with Crippen molar-refractivity contribution in [2.45, 2.75) is 101 Å². The minimum absolute atomic E-state index is 0.0394. The number of ether oxygens (including phenoxy) is 4. The lowest BCUT2D eigenvalue weighted by Crippen LogP contribution is -2.71. The summed E-state index contributed by atoms with van der Waals surface area (Å²) in [5.41, 5.74) is -1.67. The molecule has 0 amide bonds. The van der Waals surface area contributed by atoms with Crippen molar-refractivity contribution in [3.05, 3.63) is 44.0 Å². The van der Waals surface area contributed by atoms with Gasteiger partial charge in [-0.3, -0.25) is 19.2 Å². The predicted molar refractivity (Wildman–Crippen MR) is 161 cm³/mol. The van der Waals surface area contributed by atoms with Crippen LogP contribution in [0.5, 0.6) is 0 Å². The summed E-state index contributed by atoms with van der Waals surface area (Å²) in [6, 6.07) is -1.69. The minimum atomic E-state index is -2.42. The van der Waals surface area contributed by atoms with Crippen molar-refractivity contribution in [2.24, 2.45) is 28.4 Å². The van der Waals surface area contributed by atoms with Crippen LogP contribution in [-0.4, -0.2) is 106 Å². The number of rotatable bonds is 13. The molecule has 3 N–H and O–H groups in total. The molecule has 1 saturated heterocycles. The number of hydrogen-bond donors (Lipinski definition) is 2. The van der Waals surface area contributed by atoms with Crippen molar-refractivity contribution < 1.29 is 71.9 Å². The van der Waals surface area contributed by atoms with E-state index in [0.29, 0.717) is 0 Å². The normalized spacial score (nSPS) is 38.5. The molecule has 0 aromatic rings. The van der Waals surface area contributed by atoms with Gasteiger partial charge in [0.15, 0.2) is 35.6 Å². The van der Waals surface area contributed by atoms with Crippen LogP contribution in [0.3, 0.4) is 0 Å². The molecule has 4 aliphatic carbocycles. The molecule has 20 heteroatoms.